The Balaban J connectivity index is 2.50. The van der Waals surface area contributed by atoms with Crippen LogP contribution in [0.15, 0.2) is 48.5 Å². The highest BCUT2D eigenvalue weighted by atomic mass is 35.5. The Labute approximate surface area is 117 Å². The second-order valence-corrected chi connectivity index (χ2v) is 4.66. The quantitative estimate of drug-likeness (QED) is 0.669. The molecule has 2 aromatic rings. The van der Waals surface area contributed by atoms with Crippen LogP contribution in [0.2, 0.25) is 5.02 Å². The van der Waals surface area contributed by atoms with Crippen molar-refractivity contribution in [2.45, 2.75) is 6.92 Å². The second-order valence-electron chi connectivity index (χ2n) is 4.23. The van der Waals surface area contributed by atoms with E-state index in [0.717, 1.165) is 11.1 Å². The average molecular weight is 273 g/mol. The van der Waals surface area contributed by atoms with Gasteiger partial charge in [0.05, 0.1) is 5.57 Å². The Hall–Kier alpha value is -2.06. The summed E-state index contributed by atoms with van der Waals surface area (Å²) in [7, 11) is 0. The summed E-state index contributed by atoms with van der Waals surface area (Å²) < 4.78 is 0. The van der Waals surface area contributed by atoms with E-state index in [9.17, 15) is 9.90 Å². The molecule has 0 saturated heterocycles. The molecule has 0 unspecified atom stereocenters. The number of carbonyl (C=O) groups is 1. The van der Waals surface area contributed by atoms with Crippen LogP contribution in [0.4, 0.5) is 0 Å². The van der Waals surface area contributed by atoms with E-state index in [2.05, 4.69) is 0 Å². The maximum absolute atomic E-state index is 11.4. The van der Waals surface area contributed by atoms with Gasteiger partial charge in [-0.1, -0.05) is 48.0 Å². The number of hydrogen-bond acceptors (Lipinski definition) is 1. The van der Waals surface area contributed by atoms with Gasteiger partial charge in [0.2, 0.25) is 0 Å². The molecule has 3 heteroatoms. The number of carboxylic acid groups (broad SMARTS) is 1. The van der Waals surface area contributed by atoms with Gasteiger partial charge in [-0.15, -0.1) is 0 Å². The predicted octanol–water partition coefficient (Wildman–Crippen LogP) is 4.27. The van der Waals surface area contributed by atoms with Crippen LogP contribution in [0.5, 0.6) is 0 Å². The summed E-state index contributed by atoms with van der Waals surface area (Å²) in [6.07, 6.45) is 1.68. The molecule has 0 aliphatic heterocycles. The first-order valence-electron chi connectivity index (χ1n) is 5.84. The van der Waals surface area contributed by atoms with Crippen molar-refractivity contribution in [2.24, 2.45) is 0 Å². The first-order chi connectivity index (χ1) is 9.08. The molecule has 0 aliphatic carbocycles. The van der Waals surface area contributed by atoms with Crippen LogP contribution in [0.25, 0.3) is 11.6 Å². The first kappa shape index (κ1) is 13.4. The van der Waals surface area contributed by atoms with E-state index in [1.807, 2.05) is 31.2 Å². The minimum atomic E-state index is -0.953. The number of aryl methyl sites for hydroxylation is 1. The van der Waals surface area contributed by atoms with Crippen LogP contribution in [0, 0.1) is 6.92 Å². The molecule has 0 amide bonds. The highest BCUT2D eigenvalue weighted by Crippen LogP contribution is 2.22. The predicted molar refractivity (Wildman–Crippen MR) is 78.1 cm³/mol. The summed E-state index contributed by atoms with van der Waals surface area (Å²) in [5.74, 6) is -0.953. The molecule has 2 rings (SSSR count). The largest absolute Gasteiger partial charge is 0.478 e. The summed E-state index contributed by atoms with van der Waals surface area (Å²) in [6, 6.07) is 14.5. The van der Waals surface area contributed by atoms with E-state index in [-0.39, 0.29) is 5.57 Å². The van der Waals surface area contributed by atoms with Crippen molar-refractivity contribution < 1.29 is 9.90 Å². The molecule has 2 nitrogen and oxygen atoms in total. The Kier molecular flexibility index (Phi) is 4.03. The fraction of sp³-hybridized carbons (Fsp3) is 0.0625. The van der Waals surface area contributed by atoms with Crippen molar-refractivity contribution in [1.82, 2.24) is 0 Å². The molecule has 0 radical (unpaired) electrons. The highest BCUT2D eigenvalue weighted by molar-refractivity contribution is 6.30. The van der Waals surface area contributed by atoms with Crippen LogP contribution >= 0.6 is 11.6 Å². The normalized spacial score (nSPS) is 11.4. The highest BCUT2D eigenvalue weighted by Gasteiger charge is 2.10. The number of halogens is 1. The van der Waals surface area contributed by atoms with Gasteiger partial charge >= 0.3 is 5.97 Å². The molecule has 1 N–H and O–H groups in total. The third-order valence-electron chi connectivity index (χ3n) is 2.87. The maximum Gasteiger partial charge on any atom is 0.336 e. The number of benzene rings is 2. The lowest BCUT2D eigenvalue weighted by molar-refractivity contribution is -0.130. The van der Waals surface area contributed by atoms with Crippen molar-refractivity contribution in [3.8, 4) is 0 Å². The van der Waals surface area contributed by atoms with E-state index in [1.165, 1.54) is 0 Å². The number of aliphatic carboxylic acids is 1. The lowest BCUT2D eigenvalue weighted by Crippen LogP contribution is -1.99. The molecule has 0 fully saturated rings. The minimum Gasteiger partial charge on any atom is -0.478 e. The van der Waals surface area contributed by atoms with E-state index >= 15 is 0 Å². The number of carboxylic acids is 1. The Bertz CT molecular complexity index is 627. The van der Waals surface area contributed by atoms with Crippen LogP contribution in [-0.2, 0) is 4.79 Å². The minimum absolute atomic E-state index is 0.256. The first-order valence-corrected chi connectivity index (χ1v) is 6.22. The standard InChI is InChI=1S/C16H13ClO2/c1-11-4-2-3-5-13(11)10-15(16(18)19)12-6-8-14(17)9-7-12/h2-10H,1H3,(H,18,19)/b15-10-. The fourth-order valence-electron chi connectivity index (χ4n) is 1.80. The van der Waals surface area contributed by atoms with Crippen LogP contribution in [0.1, 0.15) is 16.7 Å². The second kappa shape index (κ2) is 5.72. The Morgan fingerprint density at radius 1 is 1.11 bits per heavy atom. The molecule has 0 saturated carbocycles. The zero-order valence-corrected chi connectivity index (χ0v) is 11.2. The third-order valence-corrected chi connectivity index (χ3v) is 3.13. The smallest absolute Gasteiger partial charge is 0.336 e. The Morgan fingerprint density at radius 3 is 2.32 bits per heavy atom. The van der Waals surface area contributed by atoms with Crippen molar-refractivity contribution in [3.63, 3.8) is 0 Å². The van der Waals surface area contributed by atoms with Gasteiger partial charge in [-0.3, -0.25) is 0 Å². The Morgan fingerprint density at radius 2 is 1.74 bits per heavy atom. The molecule has 19 heavy (non-hydrogen) atoms. The average Bonchev–Trinajstić information content (AvgIpc) is 2.39. The van der Waals surface area contributed by atoms with Crippen LogP contribution < -0.4 is 0 Å². The summed E-state index contributed by atoms with van der Waals surface area (Å²) in [4.78, 5) is 11.4. The lowest BCUT2D eigenvalue weighted by atomic mass is 10.0. The zero-order chi connectivity index (χ0) is 13.8. The van der Waals surface area contributed by atoms with Crippen molar-refractivity contribution in [1.29, 1.82) is 0 Å². The number of rotatable bonds is 3. The molecule has 2 aromatic carbocycles. The SMILES string of the molecule is Cc1ccccc1/C=C(\C(=O)O)c1ccc(Cl)cc1. The third kappa shape index (κ3) is 3.24. The molecule has 0 spiro atoms. The lowest BCUT2D eigenvalue weighted by Gasteiger charge is -2.05. The molecular formula is C16H13ClO2. The van der Waals surface area contributed by atoms with Gasteiger partial charge in [0.15, 0.2) is 0 Å². The van der Waals surface area contributed by atoms with Gasteiger partial charge in [-0.05, 0) is 41.8 Å². The van der Waals surface area contributed by atoms with Gasteiger partial charge in [-0.2, -0.15) is 0 Å². The van der Waals surface area contributed by atoms with Crippen molar-refractivity contribution in [2.75, 3.05) is 0 Å². The van der Waals surface area contributed by atoms with Gasteiger partial charge in [0.25, 0.3) is 0 Å². The summed E-state index contributed by atoms with van der Waals surface area (Å²) in [5.41, 5.74) is 2.83. The monoisotopic (exact) mass is 272 g/mol. The fourth-order valence-corrected chi connectivity index (χ4v) is 1.93. The molecule has 0 heterocycles. The molecule has 0 atom stereocenters. The molecule has 0 aliphatic rings. The zero-order valence-electron chi connectivity index (χ0n) is 10.4. The maximum atomic E-state index is 11.4. The van der Waals surface area contributed by atoms with Crippen molar-refractivity contribution in [3.05, 3.63) is 70.2 Å². The molecular weight excluding hydrogens is 260 g/mol. The summed E-state index contributed by atoms with van der Waals surface area (Å²) in [5, 5.41) is 9.93. The van der Waals surface area contributed by atoms with Crippen LogP contribution in [-0.4, -0.2) is 11.1 Å². The van der Waals surface area contributed by atoms with Gasteiger partial charge in [-0.25, -0.2) is 4.79 Å². The van der Waals surface area contributed by atoms with Gasteiger partial charge < -0.3 is 5.11 Å². The van der Waals surface area contributed by atoms with E-state index in [4.69, 9.17) is 11.6 Å². The summed E-state index contributed by atoms with van der Waals surface area (Å²) in [6.45, 7) is 1.95. The number of hydrogen-bond donors (Lipinski definition) is 1. The van der Waals surface area contributed by atoms with Crippen LogP contribution in [0.3, 0.4) is 0 Å². The van der Waals surface area contributed by atoms with Crippen molar-refractivity contribution >= 4 is 29.2 Å². The van der Waals surface area contributed by atoms with Gasteiger partial charge in [0.1, 0.15) is 0 Å². The molecule has 0 bridgehead atoms. The van der Waals surface area contributed by atoms with E-state index in [0.29, 0.717) is 10.6 Å². The van der Waals surface area contributed by atoms with Gasteiger partial charge in [0, 0.05) is 5.02 Å². The van der Waals surface area contributed by atoms with E-state index in [1.54, 1.807) is 30.3 Å². The molecule has 0 aromatic heterocycles. The summed E-state index contributed by atoms with van der Waals surface area (Å²) >= 11 is 5.81. The molecule has 96 valence electrons. The van der Waals surface area contributed by atoms with E-state index < -0.39 is 5.97 Å². The topological polar surface area (TPSA) is 37.3 Å².